The first-order valence-electron chi connectivity index (χ1n) is 8.72. The van der Waals surface area contributed by atoms with Crippen LogP contribution in [0.3, 0.4) is 0 Å². The normalized spacial score (nSPS) is 19.6. The number of hydrogen-bond acceptors (Lipinski definition) is 7. The largest absolute Gasteiger partial charge is 0.378 e. The van der Waals surface area contributed by atoms with Crippen LogP contribution < -0.4 is 4.90 Å². The highest BCUT2D eigenvalue weighted by atomic mass is 16.5. The van der Waals surface area contributed by atoms with Crippen molar-refractivity contribution in [3.8, 4) is 0 Å². The minimum Gasteiger partial charge on any atom is -0.378 e. The number of aryl methyl sites for hydroxylation is 1. The number of carbonyl (C=O) groups is 1. The molecule has 0 spiro atoms. The third-order valence-corrected chi connectivity index (χ3v) is 4.82. The number of fused-ring (bicyclic) bond motifs is 1. The molecule has 2 aromatic rings. The third kappa shape index (κ3) is 3.42. The van der Waals surface area contributed by atoms with E-state index in [0.29, 0.717) is 32.8 Å². The number of anilines is 1. The fraction of sp³-hybridized carbons (Fsp3) is 0.625. The Labute approximate surface area is 146 Å². The van der Waals surface area contributed by atoms with Gasteiger partial charge in [0.25, 0.3) is 0 Å². The Hall–Kier alpha value is -2.26. The van der Waals surface area contributed by atoms with Gasteiger partial charge in [-0.15, -0.1) is 15.3 Å². The first kappa shape index (κ1) is 16.2. The Balaban J connectivity index is 1.34. The van der Waals surface area contributed by atoms with E-state index in [0.717, 1.165) is 43.5 Å². The van der Waals surface area contributed by atoms with Crippen molar-refractivity contribution in [2.24, 2.45) is 0 Å². The molecule has 9 heteroatoms. The van der Waals surface area contributed by atoms with Crippen LogP contribution in [0.15, 0.2) is 12.1 Å². The van der Waals surface area contributed by atoms with Gasteiger partial charge in [-0.05, 0) is 19.1 Å². The standard InChI is InChI=1S/C16H23N7O2/c1-13-17-18-14-2-3-15(19-23(13)14)21-6-4-20(5-7-21)12-16(24)22-8-10-25-11-9-22/h2-3H,4-12H2,1H3. The Bertz CT molecular complexity index is 748. The van der Waals surface area contributed by atoms with Crippen LogP contribution in [0.1, 0.15) is 5.82 Å². The molecule has 2 aliphatic heterocycles. The molecule has 2 aliphatic rings. The number of carbonyl (C=O) groups excluding carboxylic acids is 1. The molecule has 0 radical (unpaired) electrons. The lowest BCUT2D eigenvalue weighted by Gasteiger charge is -2.36. The summed E-state index contributed by atoms with van der Waals surface area (Å²) in [6.45, 7) is 8.53. The van der Waals surface area contributed by atoms with Gasteiger partial charge < -0.3 is 14.5 Å². The fourth-order valence-corrected chi connectivity index (χ4v) is 3.29. The van der Waals surface area contributed by atoms with E-state index in [9.17, 15) is 4.79 Å². The number of rotatable bonds is 3. The van der Waals surface area contributed by atoms with Gasteiger partial charge in [0.05, 0.1) is 19.8 Å². The first-order chi connectivity index (χ1) is 12.2. The van der Waals surface area contributed by atoms with Crippen molar-refractivity contribution in [1.82, 2.24) is 29.6 Å². The number of ether oxygens (including phenoxy) is 1. The maximum Gasteiger partial charge on any atom is 0.236 e. The summed E-state index contributed by atoms with van der Waals surface area (Å²) in [6, 6.07) is 3.93. The molecule has 25 heavy (non-hydrogen) atoms. The van der Waals surface area contributed by atoms with Crippen molar-refractivity contribution in [3.63, 3.8) is 0 Å². The predicted octanol–water partition coefficient (Wildman–Crippen LogP) is -0.586. The van der Waals surface area contributed by atoms with Gasteiger partial charge in [0.1, 0.15) is 5.82 Å². The molecule has 2 fully saturated rings. The van der Waals surface area contributed by atoms with Crippen molar-refractivity contribution in [3.05, 3.63) is 18.0 Å². The molecule has 4 rings (SSSR count). The van der Waals surface area contributed by atoms with Gasteiger partial charge in [-0.2, -0.15) is 4.52 Å². The molecule has 9 nitrogen and oxygen atoms in total. The van der Waals surface area contributed by atoms with Gasteiger partial charge in [0.2, 0.25) is 5.91 Å². The molecule has 2 aromatic heterocycles. The molecular weight excluding hydrogens is 322 g/mol. The zero-order chi connectivity index (χ0) is 17.2. The minimum absolute atomic E-state index is 0.205. The van der Waals surface area contributed by atoms with Crippen LogP contribution in [0.25, 0.3) is 5.65 Å². The summed E-state index contributed by atoms with van der Waals surface area (Å²) in [5.74, 6) is 1.91. The number of piperazine rings is 1. The summed E-state index contributed by atoms with van der Waals surface area (Å²) in [6.07, 6.45) is 0. The predicted molar refractivity (Wildman–Crippen MR) is 91.6 cm³/mol. The van der Waals surface area contributed by atoms with Crippen LogP contribution in [0.2, 0.25) is 0 Å². The van der Waals surface area contributed by atoms with Crippen LogP contribution in [0.5, 0.6) is 0 Å². The van der Waals surface area contributed by atoms with E-state index < -0.39 is 0 Å². The molecule has 134 valence electrons. The number of hydrogen-bond donors (Lipinski definition) is 0. The minimum atomic E-state index is 0.205. The lowest BCUT2D eigenvalue weighted by molar-refractivity contribution is -0.136. The molecule has 0 unspecified atom stereocenters. The smallest absolute Gasteiger partial charge is 0.236 e. The summed E-state index contributed by atoms with van der Waals surface area (Å²) in [5.41, 5.74) is 0.760. The monoisotopic (exact) mass is 345 g/mol. The molecule has 0 N–H and O–H groups in total. The van der Waals surface area contributed by atoms with Gasteiger partial charge >= 0.3 is 0 Å². The number of morpholine rings is 1. The average molecular weight is 345 g/mol. The van der Waals surface area contributed by atoms with E-state index in [-0.39, 0.29) is 5.91 Å². The number of nitrogens with zero attached hydrogens (tertiary/aromatic N) is 7. The van der Waals surface area contributed by atoms with E-state index >= 15 is 0 Å². The highest BCUT2D eigenvalue weighted by Crippen LogP contribution is 2.15. The summed E-state index contributed by atoms with van der Waals surface area (Å²) < 4.78 is 7.07. The first-order valence-corrected chi connectivity index (χ1v) is 8.72. The summed E-state index contributed by atoms with van der Waals surface area (Å²) in [5, 5.41) is 12.7. The molecule has 0 saturated carbocycles. The molecule has 0 aliphatic carbocycles. The molecular formula is C16H23N7O2. The van der Waals surface area contributed by atoms with Crippen LogP contribution >= 0.6 is 0 Å². The van der Waals surface area contributed by atoms with Gasteiger partial charge in [0.15, 0.2) is 11.5 Å². The molecule has 0 bridgehead atoms. The fourth-order valence-electron chi connectivity index (χ4n) is 3.29. The number of amides is 1. The molecule has 0 atom stereocenters. The van der Waals surface area contributed by atoms with Crippen LogP contribution in [0.4, 0.5) is 5.82 Å². The second kappa shape index (κ2) is 6.93. The Kier molecular flexibility index (Phi) is 4.50. The van der Waals surface area contributed by atoms with E-state index in [1.165, 1.54) is 0 Å². The van der Waals surface area contributed by atoms with Gasteiger partial charge in [-0.1, -0.05) is 0 Å². The van der Waals surface area contributed by atoms with E-state index in [2.05, 4.69) is 25.1 Å². The summed E-state index contributed by atoms with van der Waals surface area (Å²) in [4.78, 5) is 18.7. The summed E-state index contributed by atoms with van der Waals surface area (Å²) in [7, 11) is 0. The lowest BCUT2D eigenvalue weighted by Crippen LogP contribution is -2.51. The third-order valence-electron chi connectivity index (χ3n) is 4.82. The van der Waals surface area contributed by atoms with Crippen molar-refractivity contribution in [2.45, 2.75) is 6.92 Å². The quantitative estimate of drug-likeness (QED) is 0.736. The average Bonchev–Trinajstić information content (AvgIpc) is 3.03. The van der Waals surface area contributed by atoms with Crippen molar-refractivity contribution >= 4 is 17.4 Å². The molecule has 1 amide bonds. The Morgan fingerprint density at radius 1 is 1.08 bits per heavy atom. The van der Waals surface area contributed by atoms with Crippen molar-refractivity contribution in [2.75, 3.05) is 63.9 Å². The lowest BCUT2D eigenvalue weighted by atomic mass is 10.3. The van der Waals surface area contributed by atoms with Gasteiger partial charge in [-0.25, -0.2) is 0 Å². The van der Waals surface area contributed by atoms with E-state index in [1.54, 1.807) is 4.52 Å². The highest BCUT2D eigenvalue weighted by molar-refractivity contribution is 5.78. The Morgan fingerprint density at radius 2 is 1.84 bits per heavy atom. The van der Waals surface area contributed by atoms with Gasteiger partial charge in [-0.3, -0.25) is 9.69 Å². The topological polar surface area (TPSA) is 79.1 Å². The zero-order valence-electron chi connectivity index (χ0n) is 14.5. The van der Waals surface area contributed by atoms with Crippen LogP contribution in [-0.2, 0) is 9.53 Å². The highest BCUT2D eigenvalue weighted by Gasteiger charge is 2.23. The molecule has 2 saturated heterocycles. The maximum absolute atomic E-state index is 12.4. The molecule has 0 aromatic carbocycles. The van der Waals surface area contributed by atoms with Crippen LogP contribution in [-0.4, -0.2) is 94.5 Å². The Morgan fingerprint density at radius 3 is 2.60 bits per heavy atom. The maximum atomic E-state index is 12.4. The summed E-state index contributed by atoms with van der Waals surface area (Å²) >= 11 is 0. The number of aromatic nitrogens is 4. The van der Waals surface area contributed by atoms with Crippen molar-refractivity contribution < 1.29 is 9.53 Å². The van der Waals surface area contributed by atoms with E-state index in [1.807, 2.05) is 24.0 Å². The van der Waals surface area contributed by atoms with Crippen LogP contribution in [0, 0.1) is 6.92 Å². The SMILES string of the molecule is Cc1nnc2ccc(N3CCN(CC(=O)N4CCOCC4)CC3)nn12. The van der Waals surface area contributed by atoms with E-state index in [4.69, 9.17) is 4.74 Å². The molecule has 4 heterocycles. The zero-order valence-corrected chi connectivity index (χ0v) is 14.5. The second-order valence-corrected chi connectivity index (χ2v) is 6.47. The van der Waals surface area contributed by atoms with Gasteiger partial charge in [0, 0.05) is 39.3 Å². The van der Waals surface area contributed by atoms with Crippen molar-refractivity contribution in [1.29, 1.82) is 0 Å². The second-order valence-electron chi connectivity index (χ2n) is 6.47.